The highest BCUT2D eigenvalue weighted by Gasteiger charge is 2.17. The van der Waals surface area contributed by atoms with Gasteiger partial charge < -0.3 is 9.84 Å². The predicted octanol–water partition coefficient (Wildman–Crippen LogP) is 4.57. The first-order valence-electron chi connectivity index (χ1n) is 7.03. The van der Waals surface area contributed by atoms with E-state index >= 15 is 0 Å². The molecule has 0 saturated heterocycles. The van der Waals surface area contributed by atoms with E-state index in [9.17, 15) is 0 Å². The van der Waals surface area contributed by atoms with Gasteiger partial charge in [0.15, 0.2) is 0 Å². The number of hydrogen-bond acceptors (Lipinski definition) is 2. The fourth-order valence-corrected chi connectivity index (χ4v) is 2.36. The number of carbonyl (C=O) groups is 1. The average Bonchev–Trinajstić information content (AvgIpc) is 2.56. The van der Waals surface area contributed by atoms with E-state index in [1.807, 2.05) is 25.1 Å². The molecule has 1 N–H and O–H groups in total. The Labute approximate surface area is 130 Å². The zero-order chi connectivity index (χ0) is 15.8. The minimum Gasteiger partial charge on any atom is -0.483 e. The molecule has 22 heavy (non-hydrogen) atoms. The van der Waals surface area contributed by atoms with Crippen molar-refractivity contribution >= 4 is 18.6 Å². The highest BCUT2D eigenvalue weighted by atomic mass is 16.5. The standard InChI is InChI=1S/C18H16O.CH2O2/c1-2-7-14-8-3-5-10-16(14)18-13-12-15-9-4-6-11-17(15)19-18;2-1-3/h2-13,18H,1H3;1H,(H,2,3). The lowest BCUT2D eigenvalue weighted by Gasteiger charge is -2.23. The first-order valence-corrected chi connectivity index (χ1v) is 7.03. The van der Waals surface area contributed by atoms with Gasteiger partial charge in [0.25, 0.3) is 6.47 Å². The number of rotatable bonds is 2. The normalized spacial score (nSPS) is 15.4. The molecule has 0 aromatic heterocycles. The molecule has 3 nitrogen and oxygen atoms in total. The fourth-order valence-electron chi connectivity index (χ4n) is 2.36. The van der Waals surface area contributed by atoms with Crippen molar-refractivity contribution in [3.05, 3.63) is 77.4 Å². The third kappa shape index (κ3) is 3.64. The van der Waals surface area contributed by atoms with Gasteiger partial charge in [0.1, 0.15) is 11.9 Å². The molecule has 1 aliphatic heterocycles. The first kappa shape index (κ1) is 15.6. The summed E-state index contributed by atoms with van der Waals surface area (Å²) >= 11 is 0. The molecule has 1 atom stereocenters. The van der Waals surface area contributed by atoms with Crippen molar-refractivity contribution in [3.8, 4) is 5.75 Å². The Hall–Kier alpha value is -2.81. The van der Waals surface area contributed by atoms with E-state index < -0.39 is 0 Å². The van der Waals surface area contributed by atoms with Crippen molar-refractivity contribution in [1.29, 1.82) is 0 Å². The van der Waals surface area contributed by atoms with Gasteiger partial charge in [-0.25, -0.2) is 0 Å². The summed E-state index contributed by atoms with van der Waals surface area (Å²) in [5.74, 6) is 0.949. The van der Waals surface area contributed by atoms with E-state index in [0.717, 1.165) is 11.3 Å². The highest BCUT2D eigenvalue weighted by molar-refractivity contribution is 5.62. The Morgan fingerprint density at radius 1 is 1.09 bits per heavy atom. The highest BCUT2D eigenvalue weighted by Crippen LogP contribution is 2.33. The van der Waals surface area contributed by atoms with Gasteiger partial charge in [-0.15, -0.1) is 0 Å². The molecular weight excluding hydrogens is 276 g/mol. The summed E-state index contributed by atoms with van der Waals surface area (Å²) in [5, 5.41) is 6.89. The number of carboxylic acid groups (broad SMARTS) is 1. The maximum Gasteiger partial charge on any atom is 0.290 e. The third-order valence-electron chi connectivity index (χ3n) is 3.27. The molecule has 0 spiro atoms. The molecule has 0 aliphatic carbocycles. The van der Waals surface area contributed by atoms with Crippen LogP contribution in [-0.2, 0) is 4.79 Å². The molecule has 2 aromatic rings. The number of para-hydroxylation sites is 1. The third-order valence-corrected chi connectivity index (χ3v) is 3.27. The summed E-state index contributed by atoms with van der Waals surface area (Å²) in [6.45, 7) is 1.78. The average molecular weight is 294 g/mol. The van der Waals surface area contributed by atoms with Crippen LogP contribution in [0, 0.1) is 0 Å². The Morgan fingerprint density at radius 2 is 1.77 bits per heavy atom. The zero-order valence-electron chi connectivity index (χ0n) is 12.3. The van der Waals surface area contributed by atoms with Crippen molar-refractivity contribution in [1.82, 2.24) is 0 Å². The Bertz CT molecular complexity index is 687. The molecule has 112 valence electrons. The second-order valence-corrected chi connectivity index (χ2v) is 4.67. The SMILES string of the molecule is CC=Cc1ccccc1C1C=Cc2ccccc2O1.O=CO. The predicted molar refractivity (Wildman–Crippen MR) is 88.7 cm³/mol. The summed E-state index contributed by atoms with van der Waals surface area (Å²) in [7, 11) is 0. The maximum absolute atomic E-state index is 8.36. The van der Waals surface area contributed by atoms with Gasteiger partial charge in [0, 0.05) is 11.1 Å². The molecular formula is C19H18O3. The molecule has 0 amide bonds. The van der Waals surface area contributed by atoms with Crippen molar-refractivity contribution in [2.24, 2.45) is 0 Å². The lowest BCUT2D eigenvalue weighted by Crippen LogP contribution is -2.10. The fraction of sp³-hybridized carbons (Fsp3) is 0.105. The Morgan fingerprint density at radius 3 is 2.55 bits per heavy atom. The summed E-state index contributed by atoms with van der Waals surface area (Å²) in [4.78, 5) is 8.36. The van der Waals surface area contributed by atoms with Gasteiger partial charge in [0.05, 0.1) is 0 Å². The number of hydrogen-bond donors (Lipinski definition) is 1. The number of fused-ring (bicyclic) bond motifs is 1. The minimum absolute atomic E-state index is 0.0118. The zero-order valence-corrected chi connectivity index (χ0v) is 12.3. The number of benzene rings is 2. The molecule has 0 radical (unpaired) electrons. The van der Waals surface area contributed by atoms with Crippen LogP contribution in [0.3, 0.4) is 0 Å². The maximum atomic E-state index is 8.36. The van der Waals surface area contributed by atoms with Gasteiger partial charge in [0.2, 0.25) is 0 Å². The molecule has 1 unspecified atom stereocenters. The van der Waals surface area contributed by atoms with Crippen LogP contribution in [-0.4, -0.2) is 11.6 Å². The molecule has 1 heterocycles. The Balaban J connectivity index is 0.000000545. The van der Waals surface area contributed by atoms with Gasteiger partial charge in [-0.1, -0.05) is 60.7 Å². The van der Waals surface area contributed by atoms with Crippen LogP contribution in [0.5, 0.6) is 5.75 Å². The van der Waals surface area contributed by atoms with Crippen LogP contribution < -0.4 is 4.74 Å². The molecule has 3 heteroatoms. The van der Waals surface area contributed by atoms with Crippen LogP contribution >= 0.6 is 0 Å². The van der Waals surface area contributed by atoms with Gasteiger partial charge in [-0.3, -0.25) is 4.79 Å². The van der Waals surface area contributed by atoms with Gasteiger partial charge in [-0.05, 0) is 24.6 Å². The van der Waals surface area contributed by atoms with E-state index in [1.54, 1.807) is 0 Å². The molecule has 0 saturated carbocycles. The topological polar surface area (TPSA) is 46.5 Å². The number of allylic oxidation sites excluding steroid dienone is 1. The summed E-state index contributed by atoms with van der Waals surface area (Å²) in [5.41, 5.74) is 3.55. The lowest BCUT2D eigenvalue weighted by molar-refractivity contribution is -0.122. The number of ether oxygens (including phenoxy) is 1. The van der Waals surface area contributed by atoms with E-state index in [1.165, 1.54) is 11.1 Å². The molecule has 2 aromatic carbocycles. The lowest BCUT2D eigenvalue weighted by atomic mass is 9.99. The van der Waals surface area contributed by atoms with E-state index in [2.05, 4.69) is 54.6 Å². The smallest absolute Gasteiger partial charge is 0.290 e. The van der Waals surface area contributed by atoms with Gasteiger partial charge in [-0.2, -0.15) is 0 Å². The van der Waals surface area contributed by atoms with Crippen molar-refractivity contribution in [2.75, 3.05) is 0 Å². The van der Waals surface area contributed by atoms with E-state index in [-0.39, 0.29) is 12.6 Å². The molecule has 0 fully saturated rings. The first-order chi connectivity index (χ1) is 10.8. The van der Waals surface area contributed by atoms with E-state index in [0.29, 0.717) is 0 Å². The molecule has 3 rings (SSSR count). The minimum atomic E-state index is -0.250. The summed E-state index contributed by atoms with van der Waals surface area (Å²) in [6.07, 6.45) is 8.41. The quantitative estimate of drug-likeness (QED) is 0.825. The Kier molecular flexibility index (Phi) is 5.55. The van der Waals surface area contributed by atoms with Crippen LogP contribution in [0.25, 0.3) is 12.2 Å². The monoisotopic (exact) mass is 294 g/mol. The summed E-state index contributed by atoms with van der Waals surface area (Å²) < 4.78 is 6.08. The second-order valence-electron chi connectivity index (χ2n) is 4.67. The van der Waals surface area contributed by atoms with Crippen molar-refractivity contribution in [3.63, 3.8) is 0 Å². The van der Waals surface area contributed by atoms with Crippen molar-refractivity contribution in [2.45, 2.75) is 13.0 Å². The van der Waals surface area contributed by atoms with Crippen LogP contribution in [0.15, 0.2) is 60.7 Å². The van der Waals surface area contributed by atoms with Crippen LogP contribution in [0.1, 0.15) is 29.7 Å². The van der Waals surface area contributed by atoms with Crippen LogP contribution in [0.2, 0.25) is 0 Å². The summed E-state index contributed by atoms with van der Waals surface area (Å²) in [6, 6.07) is 16.5. The second kappa shape index (κ2) is 7.84. The molecule has 1 aliphatic rings. The van der Waals surface area contributed by atoms with E-state index in [4.69, 9.17) is 14.6 Å². The van der Waals surface area contributed by atoms with Crippen molar-refractivity contribution < 1.29 is 14.6 Å². The largest absolute Gasteiger partial charge is 0.483 e. The van der Waals surface area contributed by atoms with Gasteiger partial charge >= 0.3 is 0 Å². The van der Waals surface area contributed by atoms with Crippen LogP contribution in [0.4, 0.5) is 0 Å². The molecule has 0 bridgehead atoms.